The van der Waals surface area contributed by atoms with Crippen LogP contribution in [0.15, 0.2) is 5.38 Å². The number of carbonyl (C=O) groups excluding carboxylic acids is 4. The van der Waals surface area contributed by atoms with Crippen molar-refractivity contribution in [2.75, 3.05) is 18.6 Å². The number of aryl methyl sites for hydroxylation is 1. The fourth-order valence-corrected chi connectivity index (χ4v) is 5.77. The van der Waals surface area contributed by atoms with Crippen LogP contribution >= 0.6 is 11.3 Å². The number of sulfone groups is 1. The lowest BCUT2D eigenvalue weighted by molar-refractivity contribution is -0.132. The van der Waals surface area contributed by atoms with Crippen LogP contribution in [0, 0.1) is 30.6 Å². The molecule has 0 aliphatic heterocycles. The average molecular weight is 662 g/mol. The quantitative estimate of drug-likeness (QED) is 0.156. The standard InChI is InChI=1S/C29H51N5O8S2/c1-16(2)10-21(23(35)11-19(7)26(36)34-25(18(5)6)28(38)30-12-17(3)4)32-27(37)22(15-44(9,40)41)33-29(39)42-13-24-31-20(8)14-43-24/h14,16-19,21-23,25,35H,10-13,15H2,1-9H3,(H,30,38)(H,32,37)(H,33,39)(H,34,36)/t19-,21-,22+,23+,25-/m1/s1. The summed E-state index contributed by atoms with van der Waals surface area (Å²) in [6.45, 7) is 15.1. The van der Waals surface area contributed by atoms with Gasteiger partial charge in [-0.2, -0.15) is 0 Å². The highest BCUT2D eigenvalue weighted by atomic mass is 32.2. The molecule has 0 saturated heterocycles. The number of ether oxygens (including phenoxy) is 1. The Kier molecular flexibility index (Phi) is 16.3. The van der Waals surface area contributed by atoms with Crippen LogP contribution in [0.2, 0.25) is 0 Å². The van der Waals surface area contributed by atoms with Crippen LogP contribution in [0.5, 0.6) is 0 Å². The van der Waals surface area contributed by atoms with Gasteiger partial charge in [0.15, 0.2) is 0 Å². The smallest absolute Gasteiger partial charge is 0.408 e. The molecule has 0 aliphatic rings. The first-order valence-corrected chi connectivity index (χ1v) is 17.8. The number of carbonyl (C=O) groups is 4. The van der Waals surface area contributed by atoms with Crippen LogP contribution in [0.4, 0.5) is 4.79 Å². The Labute approximate surface area is 265 Å². The van der Waals surface area contributed by atoms with E-state index in [2.05, 4.69) is 26.3 Å². The molecule has 5 N–H and O–H groups in total. The molecule has 252 valence electrons. The topological polar surface area (TPSA) is 193 Å². The maximum atomic E-state index is 13.3. The first-order chi connectivity index (χ1) is 20.3. The molecule has 1 rings (SSSR count). The number of alkyl carbamates (subject to hydrolysis) is 1. The summed E-state index contributed by atoms with van der Waals surface area (Å²) in [6, 6.07) is -3.10. The number of thiazole rings is 1. The van der Waals surface area contributed by atoms with Crippen molar-refractivity contribution in [3.05, 3.63) is 16.1 Å². The second-order valence-corrected chi connectivity index (χ2v) is 15.7. The van der Waals surface area contributed by atoms with E-state index in [0.717, 1.165) is 11.9 Å². The Bertz CT molecular complexity index is 1200. The van der Waals surface area contributed by atoms with Gasteiger partial charge in [0.1, 0.15) is 33.5 Å². The van der Waals surface area contributed by atoms with E-state index in [1.54, 1.807) is 19.2 Å². The van der Waals surface area contributed by atoms with Crippen LogP contribution in [-0.2, 0) is 35.6 Å². The molecule has 5 atom stereocenters. The molecule has 0 bridgehead atoms. The molecule has 0 fully saturated rings. The number of rotatable bonds is 18. The monoisotopic (exact) mass is 661 g/mol. The second kappa shape index (κ2) is 18.3. The summed E-state index contributed by atoms with van der Waals surface area (Å²) in [5, 5.41) is 24.0. The molecule has 4 amide bonds. The lowest BCUT2D eigenvalue weighted by Gasteiger charge is -2.30. The molecule has 0 unspecified atom stereocenters. The van der Waals surface area contributed by atoms with Gasteiger partial charge in [0.05, 0.1) is 17.9 Å². The fourth-order valence-electron chi connectivity index (χ4n) is 4.25. The van der Waals surface area contributed by atoms with E-state index in [4.69, 9.17) is 4.74 Å². The number of hydrogen-bond acceptors (Lipinski definition) is 10. The Balaban J connectivity index is 2.95. The number of hydrogen-bond donors (Lipinski definition) is 5. The van der Waals surface area contributed by atoms with Crippen molar-refractivity contribution >= 4 is 45.0 Å². The minimum atomic E-state index is -3.71. The van der Waals surface area contributed by atoms with Crippen molar-refractivity contribution in [1.29, 1.82) is 0 Å². The van der Waals surface area contributed by atoms with Crippen LogP contribution < -0.4 is 21.3 Å². The molecule has 1 aromatic heterocycles. The van der Waals surface area contributed by atoms with E-state index in [1.165, 1.54) is 11.3 Å². The molecule has 1 heterocycles. The fraction of sp³-hybridized carbons (Fsp3) is 0.759. The zero-order valence-corrected chi connectivity index (χ0v) is 28.9. The molecule has 0 spiro atoms. The Morgan fingerprint density at radius 3 is 2.07 bits per heavy atom. The maximum absolute atomic E-state index is 13.3. The van der Waals surface area contributed by atoms with Crippen LogP contribution in [0.25, 0.3) is 0 Å². The second-order valence-electron chi connectivity index (χ2n) is 12.6. The predicted octanol–water partition coefficient (Wildman–Crippen LogP) is 1.92. The van der Waals surface area contributed by atoms with Crippen LogP contribution in [0.3, 0.4) is 0 Å². The lowest BCUT2D eigenvalue weighted by Crippen LogP contribution is -2.55. The number of nitrogens with one attached hydrogen (secondary N) is 4. The predicted molar refractivity (Wildman–Crippen MR) is 169 cm³/mol. The van der Waals surface area contributed by atoms with Gasteiger partial charge in [-0.3, -0.25) is 14.4 Å². The van der Waals surface area contributed by atoms with Gasteiger partial charge < -0.3 is 31.1 Å². The van der Waals surface area contributed by atoms with Crippen molar-refractivity contribution in [1.82, 2.24) is 26.3 Å². The van der Waals surface area contributed by atoms with E-state index in [9.17, 15) is 32.7 Å². The Hall–Kier alpha value is -2.78. The minimum absolute atomic E-state index is 0.0158. The summed E-state index contributed by atoms with van der Waals surface area (Å²) in [6.07, 6.45) is -0.973. The first kappa shape index (κ1) is 39.2. The summed E-state index contributed by atoms with van der Waals surface area (Å²) >= 11 is 1.29. The third kappa shape index (κ3) is 15.3. The summed E-state index contributed by atoms with van der Waals surface area (Å²) in [5.41, 5.74) is 0.761. The van der Waals surface area contributed by atoms with E-state index >= 15 is 0 Å². The molecule has 13 nitrogen and oxygen atoms in total. The molecule has 15 heteroatoms. The van der Waals surface area contributed by atoms with Gasteiger partial charge in [0.25, 0.3) is 0 Å². The lowest BCUT2D eigenvalue weighted by atomic mass is 9.91. The summed E-state index contributed by atoms with van der Waals surface area (Å²) in [7, 11) is -3.71. The van der Waals surface area contributed by atoms with Crippen LogP contribution in [0.1, 0.15) is 72.0 Å². The number of aliphatic hydroxyl groups is 1. The minimum Gasteiger partial charge on any atom is -0.442 e. The number of nitrogens with zero attached hydrogens (tertiary/aromatic N) is 1. The van der Waals surface area contributed by atoms with E-state index in [1.807, 2.05) is 41.5 Å². The average Bonchev–Trinajstić information content (AvgIpc) is 3.31. The van der Waals surface area contributed by atoms with Crippen molar-refractivity contribution in [2.45, 2.75) is 99.1 Å². The first-order valence-electron chi connectivity index (χ1n) is 14.9. The van der Waals surface area contributed by atoms with Gasteiger partial charge in [0, 0.05) is 29.8 Å². The van der Waals surface area contributed by atoms with Gasteiger partial charge in [-0.25, -0.2) is 18.2 Å². The van der Waals surface area contributed by atoms with Gasteiger partial charge in [-0.05, 0) is 37.5 Å². The summed E-state index contributed by atoms with van der Waals surface area (Å²) in [4.78, 5) is 55.6. The van der Waals surface area contributed by atoms with Crippen molar-refractivity contribution in [2.24, 2.45) is 23.7 Å². The third-order valence-electron chi connectivity index (χ3n) is 6.56. The Morgan fingerprint density at radius 2 is 1.57 bits per heavy atom. The molecule has 44 heavy (non-hydrogen) atoms. The van der Waals surface area contributed by atoms with Gasteiger partial charge in [0.2, 0.25) is 17.7 Å². The number of amides is 4. The molecular formula is C29H51N5O8S2. The summed E-state index contributed by atoms with van der Waals surface area (Å²) < 4.78 is 29.3. The normalized spacial score (nSPS) is 15.3. The van der Waals surface area contributed by atoms with Gasteiger partial charge in [-0.15, -0.1) is 11.3 Å². The number of aliphatic hydroxyl groups excluding tert-OH is 1. The highest BCUT2D eigenvalue weighted by Crippen LogP contribution is 2.17. The van der Waals surface area contributed by atoms with Crippen LogP contribution in [-0.4, -0.2) is 85.1 Å². The molecule has 0 saturated carbocycles. The summed E-state index contributed by atoms with van der Waals surface area (Å²) in [5.74, 6) is -2.85. The maximum Gasteiger partial charge on any atom is 0.408 e. The third-order valence-corrected chi connectivity index (χ3v) is 8.44. The van der Waals surface area contributed by atoms with Crippen molar-refractivity contribution < 1.29 is 37.4 Å². The Morgan fingerprint density at radius 1 is 0.932 bits per heavy atom. The molecule has 1 aromatic rings. The molecule has 0 radical (unpaired) electrons. The number of aromatic nitrogens is 1. The van der Waals surface area contributed by atoms with Crippen molar-refractivity contribution in [3.8, 4) is 0 Å². The SMILES string of the molecule is Cc1csc(COC(=O)N[C@@H](CS(C)(=O)=O)C(=O)N[C@H](CC(C)C)[C@@H](O)C[C@@H](C)C(=O)N[C@@H](C(=O)NCC(C)C)C(C)C)n1. The van der Waals surface area contributed by atoms with E-state index < -0.39 is 63.6 Å². The molecular weight excluding hydrogens is 610 g/mol. The molecule has 0 aliphatic carbocycles. The zero-order chi connectivity index (χ0) is 33.8. The van der Waals surface area contributed by atoms with E-state index in [0.29, 0.717) is 18.0 Å². The largest absolute Gasteiger partial charge is 0.442 e. The van der Waals surface area contributed by atoms with Gasteiger partial charge >= 0.3 is 6.09 Å². The van der Waals surface area contributed by atoms with Gasteiger partial charge in [-0.1, -0.05) is 48.5 Å². The van der Waals surface area contributed by atoms with Crippen molar-refractivity contribution in [3.63, 3.8) is 0 Å². The highest BCUT2D eigenvalue weighted by Gasteiger charge is 2.33. The highest BCUT2D eigenvalue weighted by molar-refractivity contribution is 7.90. The van der Waals surface area contributed by atoms with E-state index in [-0.39, 0.29) is 36.7 Å². The zero-order valence-electron chi connectivity index (χ0n) is 27.3. The molecule has 0 aromatic carbocycles.